The first-order valence-electron chi connectivity index (χ1n) is 3.92. The molecule has 3 heteroatoms. The van der Waals surface area contributed by atoms with Crippen molar-refractivity contribution < 1.29 is 14.3 Å². The van der Waals surface area contributed by atoms with Crippen molar-refractivity contribution in [3.05, 3.63) is 12.2 Å². The van der Waals surface area contributed by atoms with Gasteiger partial charge in [-0.25, -0.2) is 0 Å². The lowest BCUT2D eigenvalue weighted by Gasteiger charge is -2.13. The Morgan fingerprint density at radius 2 is 2.25 bits per heavy atom. The lowest BCUT2D eigenvalue weighted by Crippen LogP contribution is -2.17. The maximum absolute atomic E-state index is 11.0. The number of carbonyl (C=O) groups excluding carboxylic acids is 2. The topological polar surface area (TPSA) is 43.4 Å². The number of cyclic esters (lactones) is 2. The Labute approximate surface area is 71.4 Å². The summed E-state index contributed by atoms with van der Waals surface area (Å²) >= 11 is 0. The fourth-order valence-corrected chi connectivity index (χ4v) is 1.22. The molecule has 0 aromatic carbocycles. The summed E-state index contributed by atoms with van der Waals surface area (Å²) in [6, 6.07) is 0. The van der Waals surface area contributed by atoms with Crippen LogP contribution >= 0.6 is 0 Å². The third kappa shape index (κ3) is 1.55. The molecular weight excluding hydrogens is 156 g/mol. The third-order valence-corrected chi connectivity index (χ3v) is 2.28. The molecule has 1 aliphatic heterocycles. The van der Waals surface area contributed by atoms with Gasteiger partial charge in [-0.1, -0.05) is 19.1 Å². The molecule has 0 radical (unpaired) electrons. The fourth-order valence-electron chi connectivity index (χ4n) is 1.22. The van der Waals surface area contributed by atoms with Gasteiger partial charge in [0.1, 0.15) is 0 Å². The average molecular weight is 168 g/mol. The predicted molar refractivity (Wildman–Crippen MR) is 43.2 cm³/mol. The summed E-state index contributed by atoms with van der Waals surface area (Å²) in [4.78, 5) is 21.8. The summed E-state index contributed by atoms with van der Waals surface area (Å²) in [5.41, 5.74) is 0.909. The quantitative estimate of drug-likeness (QED) is 0.354. The molecule has 0 spiro atoms. The van der Waals surface area contributed by atoms with Crippen molar-refractivity contribution >= 4 is 11.9 Å². The highest BCUT2D eigenvalue weighted by atomic mass is 16.6. The largest absolute Gasteiger partial charge is 0.393 e. The molecule has 0 amide bonds. The van der Waals surface area contributed by atoms with Crippen LogP contribution in [0.4, 0.5) is 0 Å². The molecule has 0 aromatic heterocycles. The Hall–Kier alpha value is -1.12. The van der Waals surface area contributed by atoms with Gasteiger partial charge in [0.25, 0.3) is 0 Å². The van der Waals surface area contributed by atoms with Crippen LogP contribution in [0.1, 0.15) is 20.3 Å². The van der Waals surface area contributed by atoms with Gasteiger partial charge < -0.3 is 4.74 Å². The van der Waals surface area contributed by atoms with E-state index in [2.05, 4.69) is 11.3 Å². The lowest BCUT2D eigenvalue weighted by molar-refractivity contribution is -0.153. The van der Waals surface area contributed by atoms with Gasteiger partial charge in [0.15, 0.2) is 0 Å². The molecular formula is C9H12O3. The summed E-state index contributed by atoms with van der Waals surface area (Å²) in [7, 11) is 0. The van der Waals surface area contributed by atoms with E-state index in [0.717, 1.165) is 5.57 Å². The molecule has 66 valence electrons. The highest BCUT2D eigenvalue weighted by Gasteiger charge is 2.37. The minimum Gasteiger partial charge on any atom is -0.393 e. The van der Waals surface area contributed by atoms with Crippen molar-refractivity contribution in [1.29, 1.82) is 0 Å². The normalized spacial score (nSPS) is 25.3. The Morgan fingerprint density at radius 3 is 2.58 bits per heavy atom. The van der Waals surface area contributed by atoms with Crippen molar-refractivity contribution in [3.63, 3.8) is 0 Å². The number of carbonyl (C=O) groups is 2. The molecule has 1 fully saturated rings. The van der Waals surface area contributed by atoms with Gasteiger partial charge in [-0.3, -0.25) is 9.59 Å². The molecule has 0 N–H and O–H groups in total. The molecule has 2 atom stereocenters. The summed E-state index contributed by atoms with van der Waals surface area (Å²) in [5, 5.41) is 0. The number of esters is 2. The average Bonchev–Trinajstić information content (AvgIpc) is 2.28. The van der Waals surface area contributed by atoms with Gasteiger partial charge >= 0.3 is 11.9 Å². The van der Waals surface area contributed by atoms with Crippen LogP contribution in [0.2, 0.25) is 0 Å². The number of rotatable bonds is 2. The Balaban J connectivity index is 2.70. The monoisotopic (exact) mass is 168 g/mol. The first-order chi connectivity index (χ1) is 5.52. The van der Waals surface area contributed by atoms with Gasteiger partial charge in [-0.05, 0) is 12.8 Å². The van der Waals surface area contributed by atoms with Gasteiger partial charge in [0.05, 0.1) is 12.3 Å². The van der Waals surface area contributed by atoms with E-state index in [1.54, 1.807) is 0 Å². The number of hydrogen-bond acceptors (Lipinski definition) is 3. The molecule has 0 bridgehead atoms. The zero-order valence-electron chi connectivity index (χ0n) is 7.29. The second-order valence-corrected chi connectivity index (χ2v) is 3.24. The molecule has 1 aliphatic rings. The third-order valence-electron chi connectivity index (χ3n) is 2.28. The van der Waals surface area contributed by atoms with E-state index < -0.39 is 11.9 Å². The predicted octanol–water partition coefficient (Wildman–Crippen LogP) is 1.29. The summed E-state index contributed by atoms with van der Waals surface area (Å²) in [5.74, 6) is -1.10. The number of hydrogen-bond donors (Lipinski definition) is 0. The van der Waals surface area contributed by atoms with Crippen LogP contribution < -0.4 is 0 Å². The second kappa shape index (κ2) is 3.09. The Bertz CT molecular complexity index is 242. The standard InChI is InChI=1S/C9H12O3/c1-5(2)6(3)7-4-8(10)12-9(7)11/h6-7H,1,4H2,2-3H3. The van der Waals surface area contributed by atoms with E-state index in [0.29, 0.717) is 0 Å². The van der Waals surface area contributed by atoms with Crippen molar-refractivity contribution in [1.82, 2.24) is 0 Å². The van der Waals surface area contributed by atoms with Crippen molar-refractivity contribution in [2.75, 3.05) is 0 Å². The van der Waals surface area contributed by atoms with E-state index in [4.69, 9.17) is 0 Å². The maximum Gasteiger partial charge on any atom is 0.317 e. The van der Waals surface area contributed by atoms with Crippen LogP contribution in [0.5, 0.6) is 0 Å². The molecule has 1 rings (SSSR count). The summed E-state index contributed by atoms with van der Waals surface area (Å²) in [6.07, 6.45) is 0.201. The minimum atomic E-state index is -0.418. The van der Waals surface area contributed by atoms with Crippen molar-refractivity contribution in [3.8, 4) is 0 Å². The van der Waals surface area contributed by atoms with Gasteiger partial charge in [-0.2, -0.15) is 0 Å². The van der Waals surface area contributed by atoms with Crippen molar-refractivity contribution in [2.24, 2.45) is 11.8 Å². The molecule has 2 unspecified atom stereocenters. The van der Waals surface area contributed by atoms with Crippen LogP contribution in [0.25, 0.3) is 0 Å². The molecule has 0 aliphatic carbocycles. The Morgan fingerprint density at radius 1 is 1.67 bits per heavy atom. The van der Waals surface area contributed by atoms with Crippen LogP contribution in [0.3, 0.4) is 0 Å². The molecule has 3 nitrogen and oxygen atoms in total. The maximum atomic E-state index is 11.0. The van der Waals surface area contributed by atoms with E-state index in [1.807, 2.05) is 13.8 Å². The van der Waals surface area contributed by atoms with Gasteiger partial charge in [0, 0.05) is 0 Å². The highest BCUT2D eigenvalue weighted by Crippen LogP contribution is 2.28. The minimum absolute atomic E-state index is 0.0314. The van der Waals surface area contributed by atoms with E-state index >= 15 is 0 Å². The molecule has 1 heterocycles. The SMILES string of the molecule is C=C(C)C(C)C1CC(=O)OC1=O. The second-order valence-electron chi connectivity index (χ2n) is 3.24. The van der Waals surface area contributed by atoms with Gasteiger partial charge in [-0.15, -0.1) is 0 Å². The summed E-state index contributed by atoms with van der Waals surface area (Å²) < 4.78 is 4.43. The number of allylic oxidation sites excluding steroid dienone is 1. The number of ether oxygens (including phenoxy) is 1. The molecule has 1 saturated heterocycles. The van der Waals surface area contributed by atoms with E-state index in [1.165, 1.54) is 0 Å². The van der Waals surface area contributed by atoms with Crippen molar-refractivity contribution in [2.45, 2.75) is 20.3 Å². The Kier molecular flexibility index (Phi) is 2.31. The van der Waals surface area contributed by atoms with Crippen LogP contribution in [0, 0.1) is 11.8 Å². The molecule has 0 aromatic rings. The lowest BCUT2D eigenvalue weighted by atomic mass is 9.88. The zero-order chi connectivity index (χ0) is 9.30. The smallest absolute Gasteiger partial charge is 0.317 e. The van der Waals surface area contributed by atoms with Crippen LogP contribution in [-0.2, 0) is 14.3 Å². The molecule has 0 saturated carbocycles. The first-order valence-corrected chi connectivity index (χ1v) is 3.92. The molecule has 12 heavy (non-hydrogen) atoms. The zero-order valence-corrected chi connectivity index (χ0v) is 7.29. The van der Waals surface area contributed by atoms with Crippen LogP contribution in [-0.4, -0.2) is 11.9 Å². The fraction of sp³-hybridized carbons (Fsp3) is 0.556. The van der Waals surface area contributed by atoms with Gasteiger partial charge in [0.2, 0.25) is 0 Å². The van der Waals surface area contributed by atoms with Crippen LogP contribution in [0.15, 0.2) is 12.2 Å². The van der Waals surface area contributed by atoms with E-state index in [-0.39, 0.29) is 18.3 Å². The first kappa shape index (κ1) is 8.97. The van der Waals surface area contributed by atoms with E-state index in [9.17, 15) is 9.59 Å². The summed E-state index contributed by atoms with van der Waals surface area (Å²) in [6.45, 7) is 7.47. The highest BCUT2D eigenvalue weighted by molar-refractivity contribution is 5.94.